The van der Waals surface area contributed by atoms with Gasteiger partial charge >= 0.3 is 17.1 Å². The Hall–Kier alpha value is 0.399. The van der Waals surface area contributed by atoms with Gasteiger partial charge in [0.15, 0.2) is 0 Å². The maximum absolute atomic E-state index is 7.88. The van der Waals surface area contributed by atoms with Crippen LogP contribution in [-0.4, -0.2) is 0 Å². The molecule has 0 aromatic carbocycles. The Morgan fingerprint density at radius 3 is 1.25 bits per heavy atom. The first-order valence-corrected chi connectivity index (χ1v) is 0.333. The third-order valence-corrected chi connectivity index (χ3v) is 0. The van der Waals surface area contributed by atoms with Crippen LogP contribution >= 0.6 is 0 Å². The van der Waals surface area contributed by atoms with E-state index in [4.69, 9.17) is 10.5 Å². The van der Waals surface area contributed by atoms with Crippen molar-refractivity contribution in [2.24, 2.45) is 0 Å². The number of hydrogen-bond donors (Lipinski definition) is 0. The largest absolute Gasteiger partial charge is 2.00 e. The number of rotatable bonds is 0. The minimum absolute atomic E-state index is 0. The summed E-state index contributed by atoms with van der Waals surface area (Å²) in [6.45, 7) is 0. The maximum atomic E-state index is 7.88. The normalized spacial score (nSPS) is 4.50. The summed E-state index contributed by atoms with van der Waals surface area (Å²) >= 11 is 0. The Bertz CT molecular complexity index is 3.25. The molecule has 1 radical (unpaired) electrons. The molecule has 0 rings (SSSR count). The van der Waals surface area contributed by atoms with E-state index >= 15 is 0 Å². The van der Waals surface area contributed by atoms with Gasteiger partial charge in [-0.25, -0.2) is 0 Å². The van der Waals surface area contributed by atoms with Crippen LogP contribution in [0.15, 0.2) is 0 Å². The SMILES string of the molecule is [Mn+2].[O-]O[O-]. The average molecular weight is 103 g/mol. The fraction of sp³-hybridized carbons (Fsp3) is 0. The molecule has 4 heavy (non-hydrogen) atoms. The summed E-state index contributed by atoms with van der Waals surface area (Å²) < 4.78 is 0. The van der Waals surface area contributed by atoms with Crippen LogP contribution in [0.3, 0.4) is 0 Å². The summed E-state index contributed by atoms with van der Waals surface area (Å²) in [4.78, 5) is 0. The Kier molecular flexibility index (Phi) is 22.1. The van der Waals surface area contributed by atoms with E-state index in [-0.39, 0.29) is 17.1 Å². The summed E-state index contributed by atoms with van der Waals surface area (Å²) in [5.41, 5.74) is 0. The molecule has 0 aliphatic rings. The Balaban J connectivity index is 0. The van der Waals surface area contributed by atoms with Crippen molar-refractivity contribution < 1.29 is 32.6 Å². The van der Waals surface area contributed by atoms with Crippen molar-refractivity contribution >= 4 is 0 Å². The molecule has 0 amide bonds. The van der Waals surface area contributed by atoms with Crippen LogP contribution in [0, 0.1) is 0 Å². The molecule has 3 nitrogen and oxygen atoms in total. The molecule has 0 unspecified atom stereocenters. The molecule has 0 bridgehead atoms. The first-order valence-electron chi connectivity index (χ1n) is 0.333. The van der Waals surface area contributed by atoms with Crippen molar-refractivity contribution in [2.45, 2.75) is 0 Å². The van der Waals surface area contributed by atoms with E-state index in [0.717, 1.165) is 0 Å². The molecule has 0 aromatic heterocycles. The third-order valence-electron chi connectivity index (χ3n) is 0. The molecule has 0 aromatic rings. The van der Waals surface area contributed by atoms with Gasteiger partial charge in [-0.05, 0) is 0 Å². The van der Waals surface area contributed by atoms with Crippen molar-refractivity contribution in [1.29, 1.82) is 0 Å². The van der Waals surface area contributed by atoms with E-state index in [2.05, 4.69) is 0 Å². The fourth-order valence-electron chi connectivity index (χ4n) is 0. The standard InChI is InChI=1S/Mn.H2O3/c;1-3-2/h;1-2H/q+2;/p-2. The van der Waals surface area contributed by atoms with E-state index in [1.807, 2.05) is 0 Å². The summed E-state index contributed by atoms with van der Waals surface area (Å²) in [6.07, 6.45) is 0. The van der Waals surface area contributed by atoms with E-state index in [0.29, 0.717) is 0 Å². The quantitative estimate of drug-likeness (QED) is 0.194. The van der Waals surface area contributed by atoms with Crippen molar-refractivity contribution in [1.82, 2.24) is 0 Å². The molecule has 0 atom stereocenters. The molecule has 4 heteroatoms. The maximum Gasteiger partial charge on any atom is 2.00 e. The van der Waals surface area contributed by atoms with Gasteiger partial charge in [-0.15, -0.1) is 0 Å². The molecular weight excluding hydrogens is 103 g/mol. The van der Waals surface area contributed by atoms with Crippen molar-refractivity contribution in [3.05, 3.63) is 0 Å². The van der Waals surface area contributed by atoms with E-state index < -0.39 is 0 Å². The van der Waals surface area contributed by atoms with Crippen molar-refractivity contribution in [3.8, 4) is 0 Å². The Labute approximate surface area is 33.5 Å². The van der Waals surface area contributed by atoms with Crippen LogP contribution in [-0.2, 0) is 22.1 Å². The van der Waals surface area contributed by atoms with E-state index in [1.165, 1.54) is 0 Å². The van der Waals surface area contributed by atoms with Gasteiger partial charge in [-0.3, -0.25) is 0 Å². The second-order valence-electron chi connectivity index (χ2n) is 0.0680. The summed E-state index contributed by atoms with van der Waals surface area (Å²) in [6, 6.07) is 0. The second kappa shape index (κ2) is 9.99. The van der Waals surface area contributed by atoms with Gasteiger partial charge in [0, 0.05) is 0 Å². The zero-order valence-electron chi connectivity index (χ0n) is 1.60. The summed E-state index contributed by atoms with van der Waals surface area (Å²) in [5, 5.41) is 17.5. The van der Waals surface area contributed by atoms with Gasteiger partial charge < -0.3 is 15.6 Å². The van der Waals surface area contributed by atoms with E-state index in [9.17, 15) is 0 Å². The van der Waals surface area contributed by atoms with Gasteiger partial charge in [-0.2, -0.15) is 0 Å². The average Bonchev–Trinajstić information content (AvgIpc) is 0.918. The topological polar surface area (TPSA) is 55.3 Å². The summed E-state index contributed by atoms with van der Waals surface area (Å²) in [7, 11) is 0. The zero-order chi connectivity index (χ0) is 2.71. The smallest absolute Gasteiger partial charge is 0.734 e. The van der Waals surface area contributed by atoms with Crippen molar-refractivity contribution in [3.63, 3.8) is 0 Å². The molecule has 0 aliphatic carbocycles. The first-order chi connectivity index (χ1) is 1.41. The molecule has 0 N–H and O–H groups in total. The van der Waals surface area contributed by atoms with Gasteiger partial charge in [-0.1, -0.05) is 0 Å². The second-order valence-corrected chi connectivity index (χ2v) is 0.0680. The minimum atomic E-state index is 0. The van der Waals surface area contributed by atoms with Crippen LogP contribution in [0.4, 0.5) is 0 Å². The van der Waals surface area contributed by atoms with E-state index in [1.54, 1.807) is 5.04 Å². The van der Waals surface area contributed by atoms with Crippen LogP contribution in [0.1, 0.15) is 0 Å². The fourth-order valence-corrected chi connectivity index (χ4v) is 0. The van der Waals surface area contributed by atoms with Crippen LogP contribution < -0.4 is 10.5 Å². The number of hydrogen-bond acceptors (Lipinski definition) is 3. The zero-order valence-corrected chi connectivity index (χ0v) is 2.78. The van der Waals surface area contributed by atoms with Gasteiger partial charge in [0.1, 0.15) is 0 Å². The molecule has 0 heterocycles. The van der Waals surface area contributed by atoms with Gasteiger partial charge in [0.05, 0.1) is 0 Å². The summed E-state index contributed by atoms with van der Waals surface area (Å²) in [5.74, 6) is 0. The molecular formula is MnO3. The van der Waals surface area contributed by atoms with Crippen LogP contribution in [0.2, 0.25) is 0 Å². The molecule has 25 valence electrons. The van der Waals surface area contributed by atoms with Gasteiger partial charge in [0.2, 0.25) is 0 Å². The van der Waals surface area contributed by atoms with Gasteiger partial charge in [0.25, 0.3) is 0 Å². The first kappa shape index (κ1) is 8.83. The monoisotopic (exact) mass is 103 g/mol. The van der Waals surface area contributed by atoms with Crippen molar-refractivity contribution in [2.75, 3.05) is 0 Å². The van der Waals surface area contributed by atoms with Crippen LogP contribution in [0.5, 0.6) is 0 Å². The molecule has 0 saturated carbocycles. The third kappa shape index (κ3) is 29.4. The molecule has 0 fully saturated rings. The Morgan fingerprint density at radius 1 is 1.25 bits per heavy atom. The Morgan fingerprint density at radius 2 is 1.25 bits per heavy atom. The van der Waals surface area contributed by atoms with Crippen LogP contribution in [0.25, 0.3) is 0 Å². The molecule has 0 spiro atoms. The predicted molar refractivity (Wildman–Crippen MR) is 1.08 cm³/mol. The minimum Gasteiger partial charge on any atom is -0.734 e. The molecule has 0 aliphatic heterocycles. The predicted octanol–water partition coefficient (Wildman–Crippen LogP) is -2.45. The molecule has 0 saturated heterocycles.